The smallest absolute Gasteiger partial charge is 0.311 e. The van der Waals surface area contributed by atoms with Crippen LogP contribution in [0.5, 0.6) is 5.75 Å². The Balaban J connectivity index is 2.34. The van der Waals surface area contributed by atoms with Crippen molar-refractivity contribution in [2.75, 3.05) is 12.5 Å². The third kappa shape index (κ3) is 2.52. The highest BCUT2D eigenvalue weighted by molar-refractivity contribution is 5.58. The molecular formula is C13H15N3O3. The molecule has 2 rings (SSSR count). The molecule has 0 unspecified atom stereocenters. The second kappa shape index (κ2) is 5.01. The number of aromatic nitrogens is 1. The van der Waals surface area contributed by atoms with E-state index in [-0.39, 0.29) is 11.4 Å². The van der Waals surface area contributed by atoms with Crippen LogP contribution in [0.15, 0.2) is 30.3 Å². The van der Waals surface area contributed by atoms with Gasteiger partial charge in [-0.05, 0) is 32.0 Å². The Morgan fingerprint density at radius 1 is 1.21 bits per heavy atom. The minimum Gasteiger partial charge on any atom is -0.490 e. The first kappa shape index (κ1) is 12.9. The maximum absolute atomic E-state index is 10.8. The third-order valence-electron chi connectivity index (χ3n) is 2.89. The average Bonchev–Trinajstić information content (AvgIpc) is 2.70. The molecule has 100 valence electrons. The van der Waals surface area contributed by atoms with E-state index in [9.17, 15) is 10.1 Å². The van der Waals surface area contributed by atoms with Gasteiger partial charge in [-0.3, -0.25) is 20.2 Å². The first-order valence-corrected chi connectivity index (χ1v) is 5.77. The zero-order chi connectivity index (χ0) is 14.0. The molecule has 6 nitrogen and oxygen atoms in total. The lowest BCUT2D eigenvalue weighted by Gasteiger charge is -2.13. The van der Waals surface area contributed by atoms with E-state index in [2.05, 4.69) is 5.43 Å². The van der Waals surface area contributed by atoms with Gasteiger partial charge in [-0.15, -0.1) is 0 Å². The molecule has 0 fully saturated rings. The zero-order valence-corrected chi connectivity index (χ0v) is 11.0. The number of aryl methyl sites for hydroxylation is 2. The number of hydrogen-bond donors (Lipinski definition) is 1. The summed E-state index contributed by atoms with van der Waals surface area (Å²) in [6, 6.07) is 8.67. The molecular weight excluding hydrogens is 246 g/mol. The van der Waals surface area contributed by atoms with Gasteiger partial charge in [-0.1, -0.05) is 0 Å². The van der Waals surface area contributed by atoms with E-state index in [0.29, 0.717) is 0 Å². The first-order chi connectivity index (χ1) is 9.02. The highest BCUT2D eigenvalue weighted by Gasteiger charge is 2.15. The van der Waals surface area contributed by atoms with E-state index < -0.39 is 4.92 Å². The summed E-state index contributed by atoms with van der Waals surface area (Å²) in [5.74, 6) is 0.234. The fourth-order valence-corrected chi connectivity index (χ4v) is 1.87. The minimum atomic E-state index is -0.464. The van der Waals surface area contributed by atoms with Gasteiger partial charge in [0.2, 0.25) is 0 Å². The lowest BCUT2D eigenvalue weighted by Crippen LogP contribution is -2.12. The SMILES string of the molecule is COc1cc(Nn2c(C)ccc2C)ccc1[N+](=O)[O-]. The fourth-order valence-electron chi connectivity index (χ4n) is 1.87. The van der Waals surface area contributed by atoms with E-state index >= 15 is 0 Å². The van der Waals surface area contributed by atoms with Crippen molar-refractivity contribution < 1.29 is 9.66 Å². The molecule has 0 bridgehead atoms. The van der Waals surface area contributed by atoms with E-state index in [1.165, 1.54) is 13.2 Å². The van der Waals surface area contributed by atoms with Crippen molar-refractivity contribution in [3.05, 3.63) is 51.8 Å². The summed E-state index contributed by atoms with van der Waals surface area (Å²) in [6.45, 7) is 3.95. The number of rotatable bonds is 4. The predicted molar refractivity (Wildman–Crippen MR) is 72.6 cm³/mol. The Hall–Kier alpha value is -2.50. The van der Waals surface area contributed by atoms with Gasteiger partial charge in [0.05, 0.1) is 17.7 Å². The Labute approximate surface area is 110 Å². The number of benzene rings is 1. The van der Waals surface area contributed by atoms with Gasteiger partial charge in [0.1, 0.15) is 0 Å². The Kier molecular flexibility index (Phi) is 3.41. The summed E-state index contributed by atoms with van der Waals surface area (Å²) in [5.41, 5.74) is 5.96. The molecule has 0 spiro atoms. The Bertz CT molecular complexity index is 600. The molecule has 19 heavy (non-hydrogen) atoms. The van der Waals surface area contributed by atoms with Crippen LogP contribution in [-0.4, -0.2) is 16.7 Å². The monoisotopic (exact) mass is 261 g/mol. The van der Waals surface area contributed by atoms with Gasteiger partial charge in [0, 0.05) is 23.5 Å². The van der Waals surface area contributed by atoms with Gasteiger partial charge in [-0.25, -0.2) is 0 Å². The van der Waals surface area contributed by atoms with Crippen molar-refractivity contribution in [2.24, 2.45) is 0 Å². The molecule has 1 aromatic carbocycles. The highest BCUT2D eigenvalue weighted by Crippen LogP contribution is 2.29. The molecule has 6 heteroatoms. The predicted octanol–water partition coefficient (Wildman–Crippen LogP) is 2.90. The normalized spacial score (nSPS) is 10.3. The van der Waals surface area contributed by atoms with Crippen LogP contribution in [0.2, 0.25) is 0 Å². The summed E-state index contributed by atoms with van der Waals surface area (Å²) >= 11 is 0. The molecule has 0 radical (unpaired) electrons. The van der Waals surface area contributed by atoms with E-state index in [1.807, 2.05) is 30.7 Å². The maximum atomic E-state index is 10.8. The van der Waals surface area contributed by atoms with Crippen LogP contribution in [0.4, 0.5) is 11.4 Å². The standard InChI is InChI=1S/C13H15N3O3/c1-9-4-5-10(2)15(9)14-11-6-7-12(16(17)18)13(8-11)19-3/h4-8,14H,1-3H3. The van der Waals surface area contributed by atoms with Crippen LogP contribution in [0.3, 0.4) is 0 Å². The number of methoxy groups -OCH3 is 1. The van der Waals surface area contributed by atoms with Crippen molar-refractivity contribution in [3.63, 3.8) is 0 Å². The molecule has 0 atom stereocenters. The molecule has 0 saturated carbocycles. The lowest BCUT2D eigenvalue weighted by atomic mass is 10.2. The zero-order valence-electron chi connectivity index (χ0n) is 11.0. The molecule has 0 aliphatic rings. The second-order valence-corrected chi connectivity index (χ2v) is 4.21. The molecule has 0 amide bonds. The van der Waals surface area contributed by atoms with Crippen LogP contribution in [0, 0.1) is 24.0 Å². The van der Waals surface area contributed by atoms with E-state index in [0.717, 1.165) is 17.1 Å². The van der Waals surface area contributed by atoms with Gasteiger partial charge in [0.15, 0.2) is 5.75 Å². The number of ether oxygens (including phenoxy) is 1. The molecule has 1 heterocycles. The maximum Gasteiger partial charge on any atom is 0.311 e. The summed E-state index contributed by atoms with van der Waals surface area (Å²) in [5, 5.41) is 10.8. The van der Waals surface area contributed by atoms with Crippen molar-refractivity contribution in [1.29, 1.82) is 0 Å². The van der Waals surface area contributed by atoms with Gasteiger partial charge in [-0.2, -0.15) is 0 Å². The summed E-state index contributed by atoms with van der Waals surface area (Å²) in [7, 11) is 1.41. The van der Waals surface area contributed by atoms with E-state index in [1.54, 1.807) is 12.1 Å². The van der Waals surface area contributed by atoms with Crippen molar-refractivity contribution in [1.82, 2.24) is 4.68 Å². The van der Waals surface area contributed by atoms with Crippen LogP contribution in [0.25, 0.3) is 0 Å². The minimum absolute atomic E-state index is 0.0472. The number of nitro groups is 1. The van der Waals surface area contributed by atoms with Gasteiger partial charge in [0.25, 0.3) is 0 Å². The van der Waals surface area contributed by atoms with Gasteiger partial charge >= 0.3 is 5.69 Å². The van der Waals surface area contributed by atoms with Crippen LogP contribution in [0.1, 0.15) is 11.4 Å². The topological polar surface area (TPSA) is 69.3 Å². The van der Waals surface area contributed by atoms with Crippen LogP contribution in [-0.2, 0) is 0 Å². The summed E-state index contributed by atoms with van der Waals surface area (Å²) in [6.07, 6.45) is 0. The van der Waals surface area contributed by atoms with E-state index in [4.69, 9.17) is 4.74 Å². The van der Waals surface area contributed by atoms with Gasteiger partial charge < -0.3 is 4.74 Å². The van der Waals surface area contributed by atoms with Crippen molar-refractivity contribution in [2.45, 2.75) is 13.8 Å². The lowest BCUT2D eigenvalue weighted by molar-refractivity contribution is -0.385. The molecule has 0 aliphatic carbocycles. The Morgan fingerprint density at radius 2 is 1.84 bits per heavy atom. The summed E-state index contributed by atoms with van der Waals surface area (Å²) < 4.78 is 6.94. The largest absolute Gasteiger partial charge is 0.490 e. The average molecular weight is 261 g/mol. The molecule has 1 N–H and O–H groups in total. The number of nitro benzene ring substituents is 1. The number of nitrogens with zero attached hydrogens (tertiary/aromatic N) is 2. The molecule has 1 aromatic heterocycles. The quantitative estimate of drug-likeness (QED) is 0.678. The molecule has 0 aliphatic heterocycles. The number of anilines is 1. The Morgan fingerprint density at radius 3 is 2.37 bits per heavy atom. The van der Waals surface area contributed by atoms with Crippen molar-refractivity contribution >= 4 is 11.4 Å². The summed E-state index contributed by atoms with van der Waals surface area (Å²) in [4.78, 5) is 10.4. The fraction of sp³-hybridized carbons (Fsp3) is 0.231. The first-order valence-electron chi connectivity index (χ1n) is 5.77. The number of nitrogens with one attached hydrogen (secondary N) is 1. The number of hydrogen-bond acceptors (Lipinski definition) is 4. The van der Waals surface area contributed by atoms with Crippen molar-refractivity contribution in [3.8, 4) is 5.75 Å². The van der Waals surface area contributed by atoms with Crippen LogP contribution < -0.4 is 10.2 Å². The highest BCUT2D eigenvalue weighted by atomic mass is 16.6. The van der Waals surface area contributed by atoms with Crippen LogP contribution >= 0.6 is 0 Å². The third-order valence-corrected chi connectivity index (χ3v) is 2.89. The molecule has 2 aromatic rings. The molecule has 0 saturated heterocycles. The second-order valence-electron chi connectivity index (χ2n) is 4.21.